The molecule has 2 nitrogen and oxygen atoms in total. The molecule has 1 rings (SSSR count). The Hall–Kier alpha value is -0.500. The minimum absolute atomic E-state index is 0.266. The van der Waals surface area contributed by atoms with Gasteiger partial charge in [-0.2, -0.15) is 0 Å². The van der Waals surface area contributed by atoms with E-state index in [1.807, 2.05) is 19.4 Å². The standard InChI is InChI=1S/C12H21ClN2/c1-4-6-12(2,10-13)7-5-11-14-8-9-15(11)3/h8-9H,4-7,10H2,1-3H3. The second-order valence-corrected chi connectivity index (χ2v) is 4.92. The quantitative estimate of drug-likeness (QED) is 0.683. The van der Waals surface area contributed by atoms with Crippen LogP contribution in [0, 0.1) is 5.41 Å². The fraction of sp³-hybridized carbons (Fsp3) is 0.750. The third kappa shape index (κ3) is 3.53. The number of halogens is 1. The molecule has 0 saturated heterocycles. The van der Waals surface area contributed by atoms with Gasteiger partial charge in [-0.15, -0.1) is 11.6 Å². The zero-order valence-corrected chi connectivity index (χ0v) is 10.7. The van der Waals surface area contributed by atoms with E-state index in [0.717, 1.165) is 24.5 Å². The number of aryl methyl sites for hydroxylation is 2. The second kappa shape index (κ2) is 5.55. The molecule has 86 valence electrons. The molecule has 0 N–H and O–H groups in total. The molecular weight excluding hydrogens is 208 g/mol. The van der Waals surface area contributed by atoms with E-state index in [2.05, 4.69) is 23.4 Å². The number of aromatic nitrogens is 2. The molecule has 1 atom stereocenters. The molecule has 0 bridgehead atoms. The van der Waals surface area contributed by atoms with E-state index in [4.69, 9.17) is 11.6 Å². The summed E-state index contributed by atoms with van der Waals surface area (Å²) in [5, 5.41) is 0. The van der Waals surface area contributed by atoms with Gasteiger partial charge in [0, 0.05) is 31.7 Å². The largest absolute Gasteiger partial charge is 0.338 e. The Balaban J connectivity index is 2.51. The van der Waals surface area contributed by atoms with Gasteiger partial charge in [0.15, 0.2) is 0 Å². The maximum absolute atomic E-state index is 6.04. The van der Waals surface area contributed by atoms with E-state index in [9.17, 15) is 0 Å². The average Bonchev–Trinajstić information content (AvgIpc) is 2.62. The first-order chi connectivity index (χ1) is 7.11. The van der Waals surface area contributed by atoms with E-state index in [1.165, 1.54) is 12.8 Å². The molecule has 1 heterocycles. The molecule has 0 aliphatic heterocycles. The van der Waals surface area contributed by atoms with Crippen molar-refractivity contribution in [2.24, 2.45) is 12.5 Å². The summed E-state index contributed by atoms with van der Waals surface area (Å²) in [5.74, 6) is 1.90. The van der Waals surface area contributed by atoms with Crippen LogP contribution in [0.4, 0.5) is 0 Å². The third-order valence-electron chi connectivity index (χ3n) is 3.05. The maximum atomic E-state index is 6.04. The Morgan fingerprint density at radius 1 is 1.47 bits per heavy atom. The van der Waals surface area contributed by atoms with Crippen LogP contribution in [0.15, 0.2) is 12.4 Å². The smallest absolute Gasteiger partial charge is 0.108 e. The van der Waals surface area contributed by atoms with Gasteiger partial charge in [-0.1, -0.05) is 20.3 Å². The highest BCUT2D eigenvalue weighted by Crippen LogP contribution is 2.30. The molecule has 0 aliphatic carbocycles. The monoisotopic (exact) mass is 228 g/mol. The molecule has 15 heavy (non-hydrogen) atoms. The highest BCUT2D eigenvalue weighted by atomic mass is 35.5. The Morgan fingerprint density at radius 2 is 2.20 bits per heavy atom. The van der Waals surface area contributed by atoms with Crippen molar-refractivity contribution in [2.45, 2.75) is 39.5 Å². The van der Waals surface area contributed by atoms with Gasteiger partial charge in [-0.25, -0.2) is 4.98 Å². The van der Waals surface area contributed by atoms with E-state index >= 15 is 0 Å². The lowest BCUT2D eigenvalue weighted by atomic mass is 9.83. The van der Waals surface area contributed by atoms with E-state index in [0.29, 0.717) is 0 Å². The van der Waals surface area contributed by atoms with Crippen LogP contribution in [0.3, 0.4) is 0 Å². The normalized spacial score (nSPS) is 15.2. The van der Waals surface area contributed by atoms with Crippen molar-refractivity contribution in [3.63, 3.8) is 0 Å². The molecule has 0 aromatic carbocycles. The summed E-state index contributed by atoms with van der Waals surface area (Å²) >= 11 is 6.04. The number of nitrogens with zero attached hydrogens (tertiary/aromatic N) is 2. The van der Waals surface area contributed by atoms with Crippen molar-refractivity contribution in [3.05, 3.63) is 18.2 Å². The molecule has 0 radical (unpaired) electrons. The van der Waals surface area contributed by atoms with E-state index in [1.54, 1.807) is 0 Å². The minimum atomic E-state index is 0.266. The molecular formula is C12H21ClN2. The number of hydrogen-bond acceptors (Lipinski definition) is 1. The molecule has 0 amide bonds. The van der Waals surface area contributed by atoms with Crippen LogP contribution in [0.2, 0.25) is 0 Å². The molecule has 0 fully saturated rings. The first-order valence-electron chi connectivity index (χ1n) is 5.63. The van der Waals surface area contributed by atoms with Crippen molar-refractivity contribution in [2.75, 3.05) is 5.88 Å². The lowest BCUT2D eigenvalue weighted by Crippen LogP contribution is -2.20. The lowest BCUT2D eigenvalue weighted by Gasteiger charge is -2.26. The SMILES string of the molecule is CCCC(C)(CCl)CCc1nccn1C. The Labute approximate surface area is 97.7 Å². The summed E-state index contributed by atoms with van der Waals surface area (Å²) in [6.45, 7) is 4.48. The van der Waals surface area contributed by atoms with Gasteiger partial charge in [0.2, 0.25) is 0 Å². The van der Waals surface area contributed by atoms with Crippen LogP contribution < -0.4 is 0 Å². The molecule has 1 aromatic heterocycles. The molecule has 3 heteroatoms. The second-order valence-electron chi connectivity index (χ2n) is 4.65. The molecule has 1 unspecified atom stereocenters. The van der Waals surface area contributed by atoms with Gasteiger partial charge in [-0.05, 0) is 18.3 Å². The van der Waals surface area contributed by atoms with Gasteiger partial charge in [-0.3, -0.25) is 0 Å². The van der Waals surface area contributed by atoms with Crippen LogP contribution in [0.5, 0.6) is 0 Å². The Kier molecular flexibility index (Phi) is 4.65. The van der Waals surface area contributed by atoms with Crippen molar-refractivity contribution in [1.29, 1.82) is 0 Å². The van der Waals surface area contributed by atoms with Gasteiger partial charge in [0.1, 0.15) is 5.82 Å². The molecule has 1 aromatic rings. The highest BCUT2D eigenvalue weighted by Gasteiger charge is 2.22. The predicted octanol–water partition coefficient (Wildman–Crippen LogP) is 3.40. The van der Waals surface area contributed by atoms with Crippen molar-refractivity contribution >= 4 is 11.6 Å². The lowest BCUT2D eigenvalue weighted by molar-refractivity contribution is 0.307. The minimum Gasteiger partial charge on any atom is -0.338 e. The fourth-order valence-electron chi connectivity index (χ4n) is 1.91. The van der Waals surface area contributed by atoms with E-state index < -0.39 is 0 Å². The fourth-order valence-corrected chi connectivity index (χ4v) is 2.18. The zero-order chi connectivity index (χ0) is 11.3. The summed E-state index contributed by atoms with van der Waals surface area (Å²) < 4.78 is 2.08. The Morgan fingerprint density at radius 3 is 2.67 bits per heavy atom. The average molecular weight is 229 g/mol. The molecule has 0 spiro atoms. The summed E-state index contributed by atoms with van der Waals surface area (Å²) in [6.07, 6.45) is 8.38. The number of rotatable bonds is 6. The molecule has 0 aliphatic rings. The third-order valence-corrected chi connectivity index (χ3v) is 3.69. The van der Waals surface area contributed by atoms with Crippen LogP contribution >= 0.6 is 11.6 Å². The summed E-state index contributed by atoms with van der Waals surface area (Å²) in [7, 11) is 2.04. The van der Waals surface area contributed by atoms with E-state index in [-0.39, 0.29) is 5.41 Å². The van der Waals surface area contributed by atoms with Crippen LogP contribution in [-0.4, -0.2) is 15.4 Å². The first-order valence-corrected chi connectivity index (χ1v) is 6.17. The van der Waals surface area contributed by atoms with Crippen LogP contribution in [0.25, 0.3) is 0 Å². The predicted molar refractivity (Wildman–Crippen MR) is 65.3 cm³/mol. The van der Waals surface area contributed by atoms with Crippen LogP contribution in [0.1, 0.15) is 38.9 Å². The number of imidazole rings is 1. The Bertz CT molecular complexity index is 296. The topological polar surface area (TPSA) is 17.8 Å². The van der Waals surface area contributed by atoms with Crippen molar-refractivity contribution in [1.82, 2.24) is 9.55 Å². The van der Waals surface area contributed by atoms with Gasteiger partial charge >= 0.3 is 0 Å². The van der Waals surface area contributed by atoms with Gasteiger partial charge in [0.05, 0.1) is 0 Å². The summed E-state index contributed by atoms with van der Waals surface area (Å²) in [4.78, 5) is 4.33. The van der Waals surface area contributed by atoms with Crippen molar-refractivity contribution in [3.8, 4) is 0 Å². The summed E-state index contributed by atoms with van der Waals surface area (Å²) in [5.41, 5.74) is 0.266. The van der Waals surface area contributed by atoms with Gasteiger partial charge < -0.3 is 4.57 Å². The molecule has 0 saturated carbocycles. The first kappa shape index (κ1) is 12.6. The van der Waals surface area contributed by atoms with Gasteiger partial charge in [0.25, 0.3) is 0 Å². The van der Waals surface area contributed by atoms with Crippen molar-refractivity contribution < 1.29 is 0 Å². The van der Waals surface area contributed by atoms with Crippen LogP contribution in [-0.2, 0) is 13.5 Å². The highest BCUT2D eigenvalue weighted by molar-refractivity contribution is 6.18. The summed E-state index contributed by atoms with van der Waals surface area (Å²) in [6, 6.07) is 0. The number of hydrogen-bond donors (Lipinski definition) is 0. The zero-order valence-electron chi connectivity index (χ0n) is 9.96. The maximum Gasteiger partial charge on any atom is 0.108 e. The number of alkyl halides is 1.